The number of unbranched alkanes of at least 4 members (excludes halogenated alkanes) is 1. The monoisotopic (exact) mass is 227 g/mol. The second-order valence-corrected chi connectivity index (χ2v) is 4.19. The molecule has 50 valence electrons. The summed E-state index contributed by atoms with van der Waals surface area (Å²) in [6, 6.07) is 0. The van der Waals surface area contributed by atoms with Gasteiger partial charge >= 0.3 is 0 Å². The molecule has 0 fully saturated rings. The SMILES string of the molecule is CC(I)CCCCN. The van der Waals surface area contributed by atoms with E-state index in [1.54, 1.807) is 0 Å². The summed E-state index contributed by atoms with van der Waals surface area (Å²) < 4.78 is 0.819. The van der Waals surface area contributed by atoms with Crippen LogP contribution in [0.15, 0.2) is 0 Å². The largest absolute Gasteiger partial charge is 0.330 e. The maximum absolute atomic E-state index is 5.31. The van der Waals surface area contributed by atoms with Crippen LogP contribution in [0.4, 0.5) is 0 Å². The van der Waals surface area contributed by atoms with E-state index in [4.69, 9.17) is 5.73 Å². The lowest BCUT2D eigenvalue weighted by Gasteiger charge is -1.99. The summed E-state index contributed by atoms with van der Waals surface area (Å²) in [7, 11) is 0. The van der Waals surface area contributed by atoms with E-state index < -0.39 is 0 Å². The first kappa shape index (κ1) is 8.69. The van der Waals surface area contributed by atoms with Crippen molar-refractivity contribution in [2.24, 2.45) is 5.73 Å². The number of alkyl halides is 1. The molecule has 2 heteroatoms. The number of nitrogens with two attached hydrogens (primary N) is 1. The van der Waals surface area contributed by atoms with Gasteiger partial charge in [-0.1, -0.05) is 35.9 Å². The van der Waals surface area contributed by atoms with Crippen LogP contribution in [-0.4, -0.2) is 10.5 Å². The number of rotatable bonds is 4. The van der Waals surface area contributed by atoms with Gasteiger partial charge in [0.2, 0.25) is 0 Å². The number of halogens is 1. The normalized spacial score (nSPS) is 13.9. The van der Waals surface area contributed by atoms with E-state index in [0.29, 0.717) is 0 Å². The van der Waals surface area contributed by atoms with Gasteiger partial charge in [0.05, 0.1) is 0 Å². The average molecular weight is 227 g/mol. The fourth-order valence-electron chi connectivity index (χ4n) is 0.570. The summed E-state index contributed by atoms with van der Waals surface area (Å²) in [5, 5.41) is 0. The van der Waals surface area contributed by atoms with Crippen LogP contribution >= 0.6 is 22.6 Å². The molecule has 8 heavy (non-hydrogen) atoms. The van der Waals surface area contributed by atoms with Crippen molar-refractivity contribution < 1.29 is 0 Å². The molecule has 1 atom stereocenters. The second-order valence-electron chi connectivity index (χ2n) is 2.07. The summed E-state index contributed by atoms with van der Waals surface area (Å²) in [5.41, 5.74) is 5.31. The Morgan fingerprint density at radius 1 is 1.50 bits per heavy atom. The Balaban J connectivity index is 2.72. The fraction of sp³-hybridized carbons (Fsp3) is 1.00. The van der Waals surface area contributed by atoms with Crippen LogP contribution in [0, 0.1) is 0 Å². The van der Waals surface area contributed by atoms with E-state index in [0.717, 1.165) is 10.5 Å². The Kier molecular flexibility index (Phi) is 6.32. The zero-order chi connectivity index (χ0) is 6.41. The van der Waals surface area contributed by atoms with Crippen LogP contribution in [0.25, 0.3) is 0 Å². The van der Waals surface area contributed by atoms with Crippen LogP contribution in [0.2, 0.25) is 0 Å². The summed E-state index contributed by atoms with van der Waals surface area (Å²) in [6.07, 6.45) is 3.80. The minimum Gasteiger partial charge on any atom is -0.330 e. The van der Waals surface area contributed by atoms with Gasteiger partial charge in [0.25, 0.3) is 0 Å². The molecule has 0 bridgehead atoms. The molecular weight excluding hydrogens is 213 g/mol. The van der Waals surface area contributed by atoms with Gasteiger partial charge in [0.15, 0.2) is 0 Å². The molecule has 0 rings (SSSR count). The number of hydrogen-bond acceptors (Lipinski definition) is 1. The third kappa shape index (κ3) is 6.69. The summed E-state index contributed by atoms with van der Waals surface area (Å²) in [5.74, 6) is 0. The molecule has 0 aliphatic heterocycles. The van der Waals surface area contributed by atoms with E-state index in [1.165, 1.54) is 19.3 Å². The van der Waals surface area contributed by atoms with E-state index in [2.05, 4.69) is 29.5 Å². The predicted molar refractivity (Wildman–Crippen MR) is 46.4 cm³/mol. The maximum Gasteiger partial charge on any atom is 0.00813 e. The molecule has 0 aromatic rings. The molecule has 2 N–H and O–H groups in total. The van der Waals surface area contributed by atoms with Crippen molar-refractivity contribution in [1.29, 1.82) is 0 Å². The van der Waals surface area contributed by atoms with E-state index >= 15 is 0 Å². The Labute approximate surface area is 65.2 Å². The van der Waals surface area contributed by atoms with Gasteiger partial charge in [0, 0.05) is 3.92 Å². The van der Waals surface area contributed by atoms with Crippen molar-refractivity contribution >= 4 is 22.6 Å². The zero-order valence-electron chi connectivity index (χ0n) is 5.36. The van der Waals surface area contributed by atoms with Crippen molar-refractivity contribution in [3.8, 4) is 0 Å². The maximum atomic E-state index is 5.31. The van der Waals surface area contributed by atoms with Crippen molar-refractivity contribution in [1.82, 2.24) is 0 Å². The minimum atomic E-state index is 0.819. The fourth-order valence-corrected chi connectivity index (χ4v) is 1.01. The smallest absolute Gasteiger partial charge is 0.00813 e. The molecule has 0 heterocycles. The van der Waals surface area contributed by atoms with Crippen LogP contribution in [-0.2, 0) is 0 Å². The highest BCUT2D eigenvalue weighted by atomic mass is 127. The molecule has 0 aliphatic rings. The molecule has 0 aromatic heterocycles. The summed E-state index contributed by atoms with van der Waals surface area (Å²) in [4.78, 5) is 0. The van der Waals surface area contributed by atoms with Crippen molar-refractivity contribution in [3.63, 3.8) is 0 Å². The van der Waals surface area contributed by atoms with Gasteiger partial charge in [0.1, 0.15) is 0 Å². The predicted octanol–water partition coefficient (Wildman–Crippen LogP) is 1.94. The molecular formula is C6H14IN. The molecule has 0 saturated heterocycles. The van der Waals surface area contributed by atoms with Gasteiger partial charge in [-0.3, -0.25) is 0 Å². The minimum absolute atomic E-state index is 0.819. The molecule has 1 nitrogen and oxygen atoms in total. The molecule has 0 amide bonds. The molecule has 0 radical (unpaired) electrons. The van der Waals surface area contributed by atoms with Crippen LogP contribution in [0.1, 0.15) is 26.2 Å². The lowest BCUT2D eigenvalue weighted by atomic mass is 10.2. The topological polar surface area (TPSA) is 26.0 Å². The summed E-state index contributed by atoms with van der Waals surface area (Å²) >= 11 is 2.44. The highest BCUT2D eigenvalue weighted by Gasteiger charge is 1.92. The Hall–Kier alpha value is 0.690. The first-order chi connectivity index (χ1) is 3.77. The lowest BCUT2D eigenvalue weighted by molar-refractivity contribution is 0.693. The standard InChI is InChI=1S/C6H14IN/c1-6(7)4-2-3-5-8/h6H,2-5,8H2,1H3. The molecule has 1 unspecified atom stereocenters. The third-order valence-electron chi connectivity index (χ3n) is 1.06. The van der Waals surface area contributed by atoms with Gasteiger partial charge in [-0.25, -0.2) is 0 Å². The summed E-state index contributed by atoms with van der Waals surface area (Å²) in [6.45, 7) is 3.08. The molecule has 0 spiro atoms. The Morgan fingerprint density at radius 3 is 2.50 bits per heavy atom. The van der Waals surface area contributed by atoms with E-state index in [-0.39, 0.29) is 0 Å². The number of hydrogen-bond donors (Lipinski definition) is 1. The first-order valence-electron chi connectivity index (χ1n) is 3.11. The average Bonchev–Trinajstić information content (AvgIpc) is 1.66. The zero-order valence-corrected chi connectivity index (χ0v) is 7.52. The van der Waals surface area contributed by atoms with Gasteiger partial charge < -0.3 is 5.73 Å². The lowest BCUT2D eigenvalue weighted by Crippen LogP contribution is -1.99. The van der Waals surface area contributed by atoms with Crippen LogP contribution in [0.5, 0.6) is 0 Å². The van der Waals surface area contributed by atoms with Gasteiger partial charge in [-0.2, -0.15) is 0 Å². The van der Waals surface area contributed by atoms with E-state index in [1.807, 2.05) is 0 Å². The quantitative estimate of drug-likeness (QED) is 0.443. The third-order valence-corrected chi connectivity index (χ3v) is 1.68. The van der Waals surface area contributed by atoms with Gasteiger partial charge in [-0.15, -0.1) is 0 Å². The highest BCUT2D eigenvalue weighted by molar-refractivity contribution is 14.1. The van der Waals surface area contributed by atoms with Gasteiger partial charge in [-0.05, 0) is 19.4 Å². The molecule has 0 aromatic carbocycles. The molecule has 0 saturated carbocycles. The molecule has 0 aliphatic carbocycles. The van der Waals surface area contributed by atoms with Crippen LogP contribution in [0.3, 0.4) is 0 Å². The van der Waals surface area contributed by atoms with E-state index in [9.17, 15) is 0 Å². The van der Waals surface area contributed by atoms with Crippen molar-refractivity contribution in [2.45, 2.75) is 30.1 Å². The highest BCUT2D eigenvalue weighted by Crippen LogP contribution is 2.07. The van der Waals surface area contributed by atoms with Crippen molar-refractivity contribution in [2.75, 3.05) is 6.54 Å². The second kappa shape index (κ2) is 5.82. The van der Waals surface area contributed by atoms with Crippen LogP contribution < -0.4 is 5.73 Å². The first-order valence-corrected chi connectivity index (χ1v) is 4.36. The Bertz CT molecular complexity index is 45.8. The Morgan fingerprint density at radius 2 is 2.12 bits per heavy atom. The van der Waals surface area contributed by atoms with Crippen molar-refractivity contribution in [3.05, 3.63) is 0 Å².